The number of carbonyl (C=O) groups excluding carboxylic acids is 1. The lowest BCUT2D eigenvalue weighted by atomic mass is 10.1. The zero-order valence-electron chi connectivity index (χ0n) is 14.0. The Morgan fingerprint density at radius 1 is 0.963 bits per heavy atom. The van der Waals surface area contributed by atoms with Gasteiger partial charge in [0.05, 0.1) is 17.9 Å². The van der Waals surface area contributed by atoms with Crippen LogP contribution in [0.4, 0.5) is 24.5 Å². The molecule has 0 radical (unpaired) electrons. The highest BCUT2D eigenvalue weighted by molar-refractivity contribution is 5.57. The van der Waals surface area contributed by atoms with Crippen LogP contribution in [0.3, 0.4) is 0 Å². The summed E-state index contributed by atoms with van der Waals surface area (Å²) < 4.78 is 40.5. The quantitative estimate of drug-likeness (QED) is 0.616. The average Bonchev–Trinajstić information content (AvgIpc) is 3.12. The van der Waals surface area contributed by atoms with Gasteiger partial charge >= 0.3 is 6.36 Å². The molecule has 3 rings (SSSR count). The monoisotopic (exact) mass is 376 g/mol. The summed E-state index contributed by atoms with van der Waals surface area (Å²) in [6, 6.07) is 13.2. The fourth-order valence-electron chi connectivity index (χ4n) is 2.47. The van der Waals surface area contributed by atoms with Gasteiger partial charge in [-0.2, -0.15) is 0 Å². The Bertz CT molecular complexity index is 844. The first-order valence-corrected chi connectivity index (χ1v) is 7.96. The summed E-state index contributed by atoms with van der Waals surface area (Å²) in [6.45, 7) is 0.395. The lowest BCUT2D eigenvalue weighted by Gasteiger charge is -2.23. The van der Waals surface area contributed by atoms with E-state index in [4.69, 9.17) is 0 Å². The van der Waals surface area contributed by atoms with Crippen LogP contribution in [-0.4, -0.2) is 19.0 Å². The van der Waals surface area contributed by atoms with Crippen LogP contribution in [0, 0.1) is 0 Å². The number of anilines is 2. The summed E-state index contributed by atoms with van der Waals surface area (Å²) in [5, 5.41) is 3.41. The first-order chi connectivity index (χ1) is 12.9. The standard InChI is InChI=1S/C18H15F3N4O2/c19-18(20,21)27-17-7-5-16(6-8-17)25-12-11-24(23-25)15-3-1-14(2-4-15)9-10-22-13-26/h1-8,11-12,23H,9-10H2. The van der Waals surface area contributed by atoms with Crippen LogP contribution in [0.25, 0.3) is 0 Å². The van der Waals surface area contributed by atoms with Gasteiger partial charge in [0.15, 0.2) is 0 Å². The Labute approximate surface area is 153 Å². The average molecular weight is 376 g/mol. The van der Waals surface area contributed by atoms with Crippen LogP contribution in [0.5, 0.6) is 5.75 Å². The van der Waals surface area contributed by atoms with E-state index in [9.17, 15) is 18.0 Å². The molecule has 0 bridgehead atoms. The third-order valence-corrected chi connectivity index (χ3v) is 3.72. The van der Waals surface area contributed by atoms with Crippen molar-refractivity contribution in [3.63, 3.8) is 0 Å². The third kappa shape index (κ3) is 5.10. The summed E-state index contributed by atoms with van der Waals surface area (Å²) in [4.78, 5) is 13.6. The van der Waals surface area contributed by atoms with E-state index in [2.05, 4.69) is 15.3 Å². The smallest absolute Gasteiger partial charge is 0.406 e. The zero-order chi connectivity index (χ0) is 19.3. The predicted octanol–water partition coefficient (Wildman–Crippen LogP) is 3.68. The van der Waals surface area contributed by atoms with Crippen molar-refractivity contribution in [3.05, 3.63) is 66.5 Å². The fourth-order valence-corrected chi connectivity index (χ4v) is 2.47. The minimum Gasteiger partial charge on any atom is -0.406 e. The molecule has 27 heavy (non-hydrogen) atoms. The molecule has 0 aromatic heterocycles. The molecular formula is C18H15F3N4O2. The highest BCUT2D eigenvalue weighted by Crippen LogP contribution is 2.26. The molecule has 1 aliphatic heterocycles. The van der Waals surface area contributed by atoms with Gasteiger partial charge in [-0.15, -0.1) is 18.7 Å². The van der Waals surface area contributed by atoms with Crippen molar-refractivity contribution >= 4 is 17.5 Å². The largest absolute Gasteiger partial charge is 0.573 e. The van der Waals surface area contributed by atoms with Crippen LogP contribution in [0.15, 0.2) is 65.9 Å². The molecule has 0 fully saturated rings. The van der Waals surface area contributed by atoms with Crippen molar-refractivity contribution in [3.8, 4) is 5.75 Å². The van der Waals surface area contributed by atoms with Crippen LogP contribution in [-0.2, 0) is 11.2 Å². The molecule has 0 saturated heterocycles. The minimum atomic E-state index is -4.71. The maximum atomic E-state index is 12.2. The molecule has 1 N–H and O–H groups in total. The Kier molecular flexibility index (Phi) is 5.44. The number of hydrazine groups is 2. The van der Waals surface area contributed by atoms with Gasteiger partial charge in [0.1, 0.15) is 5.75 Å². The lowest BCUT2D eigenvalue weighted by Crippen LogP contribution is -2.39. The molecule has 0 unspecified atom stereocenters. The predicted molar refractivity (Wildman–Crippen MR) is 93.5 cm³/mol. The molecule has 1 heterocycles. The number of alkyl halides is 3. The molecule has 0 amide bonds. The van der Waals surface area contributed by atoms with Gasteiger partial charge in [-0.25, -0.2) is 9.79 Å². The van der Waals surface area contributed by atoms with Crippen LogP contribution in [0.2, 0.25) is 0 Å². The normalized spacial score (nSPS) is 13.6. The van der Waals surface area contributed by atoms with Gasteiger partial charge < -0.3 is 4.74 Å². The fraction of sp³-hybridized carbons (Fsp3) is 0.167. The molecule has 2 aromatic carbocycles. The number of hydrogen-bond donors (Lipinski definition) is 1. The summed E-state index contributed by atoms with van der Waals surface area (Å²) >= 11 is 0. The summed E-state index contributed by atoms with van der Waals surface area (Å²) in [6.07, 6.45) is 0.971. The maximum Gasteiger partial charge on any atom is 0.573 e. The SMILES string of the molecule is O=C=NCCc1ccc(N2C=CN(c3ccc(OC(F)(F)F)cc3)N2)cc1. The number of aliphatic imine (C=N–C) groups is 1. The number of nitrogens with one attached hydrogen (secondary N) is 1. The molecule has 0 spiro atoms. The molecule has 2 aromatic rings. The van der Waals surface area contributed by atoms with E-state index in [1.165, 1.54) is 30.3 Å². The van der Waals surface area contributed by atoms with E-state index in [-0.39, 0.29) is 5.75 Å². The Hall–Kier alpha value is -3.29. The first-order valence-electron chi connectivity index (χ1n) is 7.96. The minimum absolute atomic E-state index is 0.277. The number of nitrogens with zero attached hydrogens (tertiary/aromatic N) is 3. The van der Waals surface area contributed by atoms with Crippen molar-refractivity contribution in [2.24, 2.45) is 4.99 Å². The third-order valence-electron chi connectivity index (χ3n) is 3.72. The second-order valence-corrected chi connectivity index (χ2v) is 5.57. The van der Waals surface area contributed by atoms with Crippen molar-refractivity contribution in [2.45, 2.75) is 12.8 Å². The van der Waals surface area contributed by atoms with Gasteiger partial charge in [0.25, 0.3) is 0 Å². The number of isocyanates is 1. The van der Waals surface area contributed by atoms with Gasteiger partial charge in [-0.3, -0.25) is 10.0 Å². The summed E-state index contributed by atoms with van der Waals surface area (Å²) in [5.41, 5.74) is 5.64. The molecule has 1 aliphatic rings. The second-order valence-electron chi connectivity index (χ2n) is 5.57. The molecule has 9 heteroatoms. The Morgan fingerprint density at radius 3 is 2.04 bits per heavy atom. The number of hydrogen-bond acceptors (Lipinski definition) is 6. The van der Waals surface area contributed by atoms with Crippen LogP contribution >= 0.6 is 0 Å². The van der Waals surface area contributed by atoms with Gasteiger partial charge in [0.2, 0.25) is 6.08 Å². The lowest BCUT2D eigenvalue weighted by molar-refractivity contribution is -0.274. The molecule has 6 nitrogen and oxygen atoms in total. The van der Waals surface area contributed by atoms with Crippen molar-refractivity contribution in [1.29, 1.82) is 0 Å². The van der Waals surface area contributed by atoms with Crippen molar-refractivity contribution in [1.82, 2.24) is 5.53 Å². The van der Waals surface area contributed by atoms with E-state index < -0.39 is 6.36 Å². The second kappa shape index (κ2) is 7.94. The number of rotatable bonds is 6. The van der Waals surface area contributed by atoms with E-state index in [0.717, 1.165) is 11.3 Å². The molecule has 0 saturated carbocycles. The number of halogens is 3. The molecule has 0 aliphatic carbocycles. The first kappa shape index (κ1) is 18.5. The van der Waals surface area contributed by atoms with E-state index in [1.54, 1.807) is 22.4 Å². The van der Waals surface area contributed by atoms with E-state index in [0.29, 0.717) is 18.7 Å². The Balaban J connectivity index is 1.60. The number of ether oxygens (including phenoxy) is 1. The topological polar surface area (TPSA) is 57.2 Å². The zero-order valence-corrected chi connectivity index (χ0v) is 14.0. The molecule has 140 valence electrons. The Morgan fingerprint density at radius 2 is 1.52 bits per heavy atom. The van der Waals surface area contributed by atoms with Crippen molar-refractivity contribution < 1.29 is 22.7 Å². The van der Waals surface area contributed by atoms with Crippen LogP contribution in [0.1, 0.15) is 5.56 Å². The highest BCUT2D eigenvalue weighted by Gasteiger charge is 2.31. The van der Waals surface area contributed by atoms with Crippen molar-refractivity contribution in [2.75, 3.05) is 16.6 Å². The van der Waals surface area contributed by atoms with Crippen LogP contribution < -0.4 is 20.3 Å². The summed E-state index contributed by atoms with van der Waals surface area (Å²) in [5.74, 6) is -0.277. The van der Waals surface area contributed by atoms with Gasteiger partial charge in [-0.1, -0.05) is 12.1 Å². The maximum absolute atomic E-state index is 12.2. The molecular weight excluding hydrogens is 361 g/mol. The number of benzene rings is 2. The highest BCUT2D eigenvalue weighted by atomic mass is 19.4. The van der Waals surface area contributed by atoms with E-state index in [1.807, 2.05) is 24.3 Å². The van der Waals surface area contributed by atoms with Gasteiger partial charge in [-0.05, 0) is 48.4 Å². The molecule has 0 atom stereocenters. The summed E-state index contributed by atoms with van der Waals surface area (Å²) in [7, 11) is 0. The van der Waals surface area contributed by atoms with Gasteiger partial charge in [0, 0.05) is 12.4 Å². The van der Waals surface area contributed by atoms with E-state index >= 15 is 0 Å².